The van der Waals surface area contributed by atoms with Crippen molar-refractivity contribution in [1.29, 1.82) is 0 Å². The number of carbonyl (C=O) groups excluding carboxylic acids is 1. The highest BCUT2D eigenvalue weighted by atomic mass is 32.1. The fourth-order valence-electron chi connectivity index (χ4n) is 1.02. The van der Waals surface area contributed by atoms with E-state index in [2.05, 4.69) is 10.3 Å². The first kappa shape index (κ1) is 11.9. The average molecular weight is 229 g/mol. The Labute approximate surface area is 93.1 Å². The Bertz CT molecular complexity index is 325. The van der Waals surface area contributed by atoms with Crippen LogP contribution in [0.3, 0.4) is 0 Å². The van der Waals surface area contributed by atoms with Crippen molar-refractivity contribution in [3.05, 3.63) is 11.1 Å². The molecule has 1 amide bonds. The van der Waals surface area contributed by atoms with E-state index >= 15 is 0 Å². The quantitative estimate of drug-likeness (QED) is 0.855. The first-order valence-electron chi connectivity index (χ1n) is 4.64. The maximum absolute atomic E-state index is 11.1. The highest BCUT2D eigenvalue weighted by molar-refractivity contribution is 7.13. The van der Waals surface area contributed by atoms with Crippen molar-refractivity contribution in [2.75, 3.05) is 26.0 Å². The van der Waals surface area contributed by atoms with Crippen molar-refractivity contribution < 1.29 is 9.53 Å². The predicted octanol–water partition coefficient (Wildman–Crippen LogP) is 1.77. The van der Waals surface area contributed by atoms with Crippen molar-refractivity contribution in [1.82, 2.24) is 9.88 Å². The maximum atomic E-state index is 11.1. The van der Waals surface area contributed by atoms with E-state index in [-0.39, 0.29) is 0 Å². The maximum Gasteiger partial charge on any atom is 0.413 e. The van der Waals surface area contributed by atoms with Gasteiger partial charge in [0.05, 0.1) is 12.3 Å². The molecule has 0 saturated heterocycles. The van der Waals surface area contributed by atoms with Crippen LogP contribution in [0.2, 0.25) is 0 Å². The lowest BCUT2D eigenvalue weighted by atomic mass is 10.5. The Morgan fingerprint density at radius 1 is 1.67 bits per heavy atom. The summed E-state index contributed by atoms with van der Waals surface area (Å²) in [5.41, 5.74) is 0.941. The van der Waals surface area contributed by atoms with Gasteiger partial charge < -0.3 is 9.64 Å². The van der Waals surface area contributed by atoms with E-state index in [1.165, 1.54) is 11.3 Å². The lowest BCUT2D eigenvalue weighted by Crippen LogP contribution is -2.14. The number of nitrogens with one attached hydrogen (secondary N) is 1. The van der Waals surface area contributed by atoms with Gasteiger partial charge in [0.2, 0.25) is 0 Å². The van der Waals surface area contributed by atoms with Crippen molar-refractivity contribution >= 4 is 22.6 Å². The van der Waals surface area contributed by atoms with Gasteiger partial charge in [-0.05, 0) is 21.0 Å². The molecule has 0 aromatic carbocycles. The number of amides is 1. The number of nitrogens with zero attached hydrogens (tertiary/aromatic N) is 2. The fourth-order valence-corrected chi connectivity index (χ4v) is 1.70. The van der Waals surface area contributed by atoms with Crippen LogP contribution in [-0.2, 0) is 11.3 Å². The zero-order valence-electron chi connectivity index (χ0n) is 9.11. The second-order valence-electron chi connectivity index (χ2n) is 3.23. The van der Waals surface area contributed by atoms with Gasteiger partial charge >= 0.3 is 6.09 Å². The molecular formula is C9H15N3O2S. The SMILES string of the molecule is CCOC(=O)Nc1nc(CN(C)C)cs1. The van der Waals surface area contributed by atoms with Crippen LogP contribution in [0.15, 0.2) is 5.38 Å². The standard InChI is InChI=1S/C9H15N3O2S/c1-4-14-9(13)11-8-10-7(6-15-8)5-12(2)3/h6H,4-5H2,1-3H3,(H,10,11,13). The lowest BCUT2D eigenvalue weighted by molar-refractivity contribution is 0.168. The number of anilines is 1. The number of hydrogen-bond acceptors (Lipinski definition) is 5. The molecule has 0 aliphatic heterocycles. The van der Waals surface area contributed by atoms with Crippen LogP contribution >= 0.6 is 11.3 Å². The molecule has 0 spiro atoms. The number of rotatable bonds is 4. The van der Waals surface area contributed by atoms with E-state index in [9.17, 15) is 4.79 Å². The minimum absolute atomic E-state index is 0.363. The molecule has 1 heterocycles. The van der Waals surface area contributed by atoms with Gasteiger partial charge in [-0.25, -0.2) is 9.78 Å². The van der Waals surface area contributed by atoms with Crippen LogP contribution < -0.4 is 5.32 Å². The van der Waals surface area contributed by atoms with Gasteiger partial charge in [0, 0.05) is 11.9 Å². The summed E-state index contributed by atoms with van der Waals surface area (Å²) in [6, 6.07) is 0. The first-order chi connectivity index (χ1) is 7.11. The Morgan fingerprint density at radius 2 is 2.40 bits per heavy atom. The fraction of sp³-hybridized carbons (Fsp3) is 0.556. The second kappa shape index (κ2) is 5.67. The van der Waals surface area contributed by atoms with Gasteiger partial charge in [-0.2, -0.15) is 0 Å². The molecule has 84 valence electrons. The van der Waals surface area contributed by atoms with Crippen LogP contribution in [0.25, 0.3) is 0 Å². The Morgan fingerprint density at radius 3 is 3.00 bits per heavy atom. The number of hydrogen-bond donors (Lipinski definition) is 1. The first-order valence-corrected chi connectivity index (χ1v) is 5.52. The van der Waals surface area contributed by atoms with Gasteiger partial charge in [-0.1, -0.05) is 0 Å². The van der Waals surface area contributed by atoms with Crippen molar-refractivity contribution in [2.45, 2.75) is 13.5 Å². The minimum atomic E-state index is -0.455. The van der Waals surface area contributed by atoms with E-state index in [4.69, 9.17) is 4.74 Å². The molecule has 1 aromatic rings. The number of carbonyl (C=O) groups is 1. The molecule has 0 unspecified atom stereocenters. The highest BCUT2D eigenvalue weighted by Crippen LogP contribution is 2.16. The molecule has 5 nitrogen and oxygen atoms in total. The summed E-state index contributed by atoms with van der Waals surface area (Å²) in [6.07, 6.45) is -0.455. The predicted molar refractivity (Wildman–Crippen MR) is 60.1 cm³/mol. The zero-order chi connectivity index (χ0) is 11.3. The molecule has 0 atom stereocenters. The summed E-state index contributed by atoms with van der Waals surface area (Å²) in [5, 5.41) is 5.06. The van der Waals surface area contributed by atoms with Gasteiger partial charge in [-0.15, -0.1) is 11.3 Å². The molecule has 0 radical (unpaired) electrons. The van der Waals surface area contributed by atoms with Crippen LogP contribution in [0.1, 0.15) is 12.6 Å². The summed E-state index contributed by atoms with van der Waals surface area (Å²) >= 11 is 1.40. The Hall–Kier alpha value is -1.14. The van der Waals surface area contributed by atoms with Crippen LogP contribution in [0.5, 0.6) is 0 Å². The van der Waals surface area contributed by atoms with Crippen LogP contribution in [0, 0.1) is 0 Å². The zero-order valence-corrected chi connectivity index (χ0v) is 9.93. The summed E-state index contributed by atoms with van der Waals surface area (Å²) < 4.78 is 4.74. The number of thiazole rings is 1. The molecule has 0 aliphatic carbocycles. The summed E-state index contributed by atoms with van der Waals surface area (Å²) in [4.78, 5) is 17.3. The summed E-state index contributed by atoms with van der Waals surface area (Å²) in [6.45, 7) is 2.89. The molecule has 1 N–H and O–H groups in total. The monoisotopic (exact) mass is 229 g/mol. The van der Waals surface area contributed by atoms with Gasteiger partial charge in [0.15, 0.2) is 5.13 Å². The third-order valence-electron chi connectivity index (χ3n) is 1.51. The molecule has 1 rings (SSSR count). The minimum Gasteiger partial charge on any atom is -0.450 e. The largest absolute Gasteiger partial charge is 0.450 e. The topological polar surface area (TPSA) is 54.5 Å². The van der Waals surface area contributed by atoms with Crippen LogP contribution in [0.4, 0.5) is 9.93 Å². The van der Waals surface area contributed by atoms with Crippen LogP contribution in [-0.4, -0.2) is 36.7 Å². The van der Waals surface area contributed by atoms with E-state index < -0.39 is 6.09 Å². The second-order valence-corrected chi connectivity index (χ2v) is 4.09. The van der Waals surface area contributed by atoms with Crippen molar-refractivity contribution in [2.24, 2.45) is 0 Å². The van der Waals surface area contributed by atoms with Crippen molar-refractivity contribution in [3.8, 4) is 0 Å². The molecule has 15 heavy (non-hydrogen) atoms. The molecule has 0 saturated carbocycles. The molecule has 6 heteroatoms. The normalized spacial score (nSPS) is 10.4. The molecule has 0 bridgehead atoms. The third kappa shape index (κ3) is 4.26. The highest BCUT2D eigenvalue weighted by Gasteiger charge is 2.06. The lowest BCUT2D eigenvalue weighted by Gasteiger charge is -2.05. The van der Waals surface area contributed by atoms with Gasteiger partial charge in [0.1, 0.15) is 0 Å². The average Bonchev–Trinajstić information content (AvgIpc) is 2.51. The molecular weight excluding hydrogens is 214 g/mol. The number of ether oxygens (including phenoxy) is 1. The molecule has 0 aliphatic rings. The summed E-state index contributed by atoms with van der Waals surface area (Å²) in [5.74, 6) is 0. The van der Waals surface area contributed by atoms with E-state index in [0.29, 0.717) is 11.7 Å². The van der Waals surface area contributed by atoms with E-state index in [1.807, 2.05) is 24.4 Å². The number of aromatic nitrogens is 1. The Kier molecular flexibility index (Phi) is 4.51. The van der Waals surface area contributed by atoms with E-state index in [1.54, 1.807) is 6.92 Å². The summed E-state index contributed by atoms with van der Waals surface area (Å²) in [7, 11) is 3.94. The Balaban J connectivity index is 2.49. The molecule has 0 fully saturated rings. The van der Waals surface area contributed by atoms with E-state index in [0.717, 1.165) is 12.2 Å². The third-order valence-corrected chi connectivity index (χ3v) is 2.32. The molecule has 1 aromatic heterocycles. The smallest absolute Gasteiger partial charge is 0.413 e. The van der Waals surface area contributed by atoms with Crippen molar-refractivity contribution in [3.63, 3.8) is 0 Å². The van der Waals surface area contributed by atoms with Gasteiger partial charge in [-0.3, -0.25) is 5.32 Å². The van der Waals surface area contributed by atoms with Gasteiger partial charge in [0.25, 0.3) is 0 Å².